The van der Waals surface area contributed by atoms with E-state index in [4.69, 9.17) is 22.3 Å². The van der Waals surface area contributed by atoms with E-state index in [2.05, 4.69) is 26.6 Å². The Morgan fingerprint density at radius 1 is 0.893 bits per heavy atom. The van der Waals surface area contributed by atoms with Gasteiger partial charge in [0.15, 0.2) is 11.9 Å². The standard InChI is InChI=1S/C16H33N9O3/c1-10(5-3-7-21-15(17)18)24-13(27)9-23-14(28)12(25-11(2)26)6-4-8-22-16(19)20/h10,12H,3-9H2,1-2H3,(H,23,28)(H,24,27)(H,25,26)(H4,17,18,21)(H4,19,20,22). The summed E-state index contributed by atoms with van der Waals surface area (Å²) in [5.74, 6) is -1.39. The van der Waals surface area contributed by atoms with Crippen LogP contribution in [-0.4, -0.2) is 61.4 Å². The number of hydrogen-bond acceptors (Lipinski definition) is 5. The molecule has 28 heavy (non-hydrogen) atoms. The van der Waals surface area contributed by atoms with Crippen molar-refractivity contribution in [2.75, 3.05) is 19.6 Å². The lowest BCUT2D eigenvalue weighted by molar-refractivity contribution is -0.130. The third-order valence-electron chi connectivity index (χ3n) is 3.64. The normalized spacial score (nSPS) is 12.2. The fourth-order valence-corrected chi connectivity index (χ4v) is 2.36. The maximum Gasteiger partial charge on any atom is 0.243 e. The molecule has 0 heterocycles. The van der Waals surface area contributed by atoms with Gasteiger partial charge in [0, 0.05) is 26.1 Å². The van der Waals surface area contributed by atoms with Gasteiger partial charge in [0.2, 0.25) is 17.7 Å². The molecule has 0 spiro atoms. The third-order valence-corrected chi connectivity index (χ3v) is 3.64. The molecule has 0 aromatic heterocycles. The minimum atomic E-state index is -0.769. The number of carbonyl (C=O) groups excluding carboxylic acids is 3. The van der Waals surface area contributed by atoms with E-state index in [1.807, 2.05) is 6.92 Å². The van der Waals surface area contributed by atoms with E-state index in [0.29, 0.717) is 32.4 Å². The van der Waals surface area contributed by atoms with Crippen LogP contribution in [0, 0.1) is 10.8 Å². The zero-order valence-electron chi connectivity index (χ0n) is 16.5. The van der Waals surface area contributed by atoms with Gasteiger partial charge in [-0.1, -0.05) is 0 Å². The summed E-state index contributed by atoms with van der Waals surface area (Å²) in [6.45, 7) is 3.90. The lowest BCUT2D eigenvalue weighted by Gasteiger charge is -2.18. The maximum atomic E-state index is 12.2. The molecular formula is C16H33N9O3. The number of nitrogens with one attached hydrogen (secondary N) is 7. The highest BCUT2D eigenvalue weighted by Crippen LogP contribution is 1.98. The largest absolute Gasteiger partial charge is 0.370 e. The maximum absolute atomic E-state index is 12.2. The Labute approximate surface area is 164 Å². The molecule has 160 valence electrons. The first kappa shape index (κ1) is 24.9. The van der Waals surface area contributed by atoms with Gasteiger partial charge >= 0.3 is 0 Å². The fraction of sp³-hybridized carbons (Fsp3) is 0.688. The molecule has 2 unspecified atom stereocenters. The first-order chi connectivity index (χ1) is 13.1. The summed E-state index contributed by atoms with van der Waals surface area (Å²) < 4.78 is 0. The zero-order valence-corrected chi connectivity index (χ0v) is 16.5. The Morgan fingerprint density at radius 3 is 1.93 bits per heavy atom. The third kappa shape index (κ3) is 14.2. The van der Waals surface area contributed by atoms with Gasteiger partial charge in [0.25, 0.3) is 0 Å². The van der Waals surface area contributed by atoms with Crippen LogP contribution in [0.4, 0.5) is 0 Å². The highest BCUT2D eigenvalue weighted by atomic mass is 16.2. The number of guanidine groups is 2. The van der Waals surface area contributed by atoms with Crippen molar-refractivity contribution >= 4 is 29.6 Å². The molecule has 0 aliphatic heterocycles. The summed E-state index contributed by atoms with van der Waals surface area (Å²) in [4.78, 5) is 35.5. The van der Waals surface area contributed by atoms with Crippen molar-refractivity contribution in [3.63, 3.8) is 0 Å². The molecular weight excluding hydrogens is 366 g/mol. The predicted octanol–water partition coefficient (Wildman–Crippen LogP) is -2.36. The number of rotatable bonds is 13. The van der Waals surface area contributed by atoms with E-state index in [0.717, 1.165) is 6.42 Å². The minimum absolute atomic E-state index is 0.0924. The summed E-state index contributed by atoms with van der Waals surface area (Å²) >= 11 is 0. The molecule has 0 radical (unpaired) electrons. The smallest absolute Gasteiger partial charge is 0.243 e. The van der Waals surface area contributed by atoms with Gasteiger partial charge in [-0.25, -0.2) is 0 Å². The van der Waals surface area contributed by atoms with Crippen molar-refractivity contribution in [1.29, 1.82) is 10.8 Å². The fourth-order valence-electron chi connectivity index (χ4n) is 2.36. The molecule has 0 saturated heterocycles. The highest BCUT2D eigenvalue weighted by Gasteiger charge is 2.19. The van der Waals surface area contributed by atoms with Crippen molar-refractivity contribution < 1.29 is 14.4 Å². The second-order valence-corrected chi connectivity index (χ2v) is 6.40. The molecule has 0 fully saturated rings. The van der Waals surface area contributed by atoms with E-state index < -0.39 is 11.9 Å². The van der Waals surface area contributed by atoms with E-state index in [1.165, 1.54) is 6.92 Å². The summed E-state index contributed by atoms with van der Waals surface area (Å²) in [5.41, 5.74) is 10.4. The van der Waals surface area contributed by atoms with Crippen LogP contribution >= 0.6 is 0 Å². The molecule has 0 aliphatic rings. The molecule has 0 saturated carbocycles. The van der Waals surface area contributed by atoms with Crippen molar-refractivity contribution in [2.45, 2.75) is 51.6 Å². The second kappa shape index (κ2) is 14.1. The van der Waals surface area contributed by atoms with Gasteiger partial charge in [0.05, 0.1) is 6.54 Å². The second-order valence-electron chi connectivity index (χ2n) is 6.40. The molecule has 0 rings (SSSR count). The van der Waals surface area contributed by atoms with Gasteiger partial charge in [0.1, 0.15) is 6.04 Å². The lowest BCUT2D eigenvalue weighted by Crippen LogP contribution is -2.49. The lowest BCUT2D eigenvalue weighted by atomic mass is 10.1. The van der Waals surface area contributed by atoms with Crippen molar-refractivity contribution in [1.82, 2.24) is 26.6 Å². The molecule has 12 nitrogen and oxygen atoms in total. The Hall–Kier alpha value is -3.05. The van der Waals surface area contributed by atoms with Crippen molar-refractivity contribution in [3.05, 3.63) is 0 Å². The van der Waals surface area contributed by atoms with Crippen LogP contribution in [0.2, 0.25) is 0 Å². The molecule has 0 aromatic rings. The van der Waals surface area contributed by atoms with Crippen LogP contribution in [0.15, 0.2) is 0 Å². The Kier molecular flexibility index (Phi) is 12.5. The molecule has 3 amide bonds. The Morgan fingerprint density at radius 2 is 1.43 bits per heavy atom. The Balaban J connectivity index is 4.23. The number of amides is 3. The first-order valence-electron chi connectivity index (χ1n) is 9.11. The average molecular weight is 400 g/mol. The van der Waals surface area contributed by atoms with Crippen molar-refractivity contribution in [3.8, 4) is 0 Å². The van der Waals surface area contributed by atoms with Gasteiger partial charge in [-0.05, 0) is 32.6 Å². The van der Waals surface area contributed by atoms with Gasteiger partial charge in [-0.15, -0.1) is 0 Å². The number of hydrogen-bond donors (Lipinski definition) is 9. The average Bonchev–Trinajstić information content (AvgIpc) is 2.58. The molecule has 12 heteroatoms. The SMILES string of the molecule is CC(=O)NC(CCCNC(=N)N)C(=O)NCC(=O)NC(C)CCCNC(=N)N. The predicted molar refractivity (Wildman–Crippen MR) is 107 cm³/mol. The summed E-state index contributed by atoms with van der Waals surface area (Å²) in [5, 5.41) is 27.3. The zero-order chi connectivity index (χ0) is 21.5. The summed E-state index contributed by atoms with van der Waals surface area (Å²) in [6.07, 6.45) is 2.27. The summed E-state index contributed by atoms with van der Waals surface area (Å²) in [7, 11) is 0. The number of carbonyl (C=O) groups is 3. The Bertz CT molecular complexity index is 553. The molecule has 2 atom stereocenters. The van der Waals surface area contributed by atoms with Crippen LogP contribution in [0.5, 0.6) is 0 Å². The first-order valence-corrected chi connectivity index (χ1v) is 9.11. The molecule has 0 aromatic carbocycles. The number of nitrogens with two attached hydrogens (primary N) is 2. The van der Waals surface area contributed by atoms with Crippen LogP contribution in [-0.2, 0) is 14.4 Å². The van der Waals surface area contributed by atoms with E-state index in [-0.39, 0.29) is 36.3 Å². The van der Waals surface area contributed by atoms with E-state index in [9.17, 15) is 14.4 Å². The van der Waals surface area contributed by atoms with Gasteiger partial charge in [-0.3, -0.25) is 25.2 Å². The summed E-state index contributed by atoms with van der Waals surface area (Å²) in [6, 6.07) is -0.865. The monoisotopic (exact) mass is 399 g/mol. The van der Waals surface area contributed by atoms with Gasteiger partial charge in [-0.2, -0.15) is 0 Å². The van der Waals surface area contributed by atoms with Crippen LogP contribution in [0.3, 0.4) is 0 Å². The van der Waals surface area contributed by atoms with Crippen LogP contribution in [0.1, 0.15) is 39.5 Å². The van der Waals surface area contributed by atoms with E-state index >= 15 is 0 Å². The topological polar surface area (TPSA) is 211 Å². The van der Waals surface area contributed by atoms with Crippen molar-refractivity contribution in [2.24, 2.45) is 11.5 Å². The van der Waals surface area contributed by atoms with Crippen LogP contribution in [0.25, 0.3) is 0 Å². The highest BCUT2D eigenvalue weighted by molar-refractivity contribution is 5.90. The molecule has 11 N–H and O–H groups in total. The minimum Gasteiger partial charge on any atom is -0.370 e. The molecule has 0 bridgehead atoms. The van der Waals surface area contributed by atoms with Gasteiger partial charge < -0.3 is 38.1 Å². The van der Waals surface area contributed by atoms with Crippen LogP contribution < -0.4 is 38.1 Å². The quantitative estimate of drug-likeness (QED) is 0.0932. The van der Waals surface area contributed by atoms with E-state index in [1.54, 1.807) is 0 Å². The molecule has 0 aliphatic carbocycles.